The maximum absolute atomic E-state index is 12.2. The summed E-state index contributed by atoms with van der Waals surface area (Å²) in [6.07, 6.45) is 0.00699. The third-order valence-corrected chi connectivity index (χ3v) is 3.79. The van der Waals surface area contributed by atoms with Crippen molar-refractivity contribution in [1.82, 2.24) is 15.3 Å². The van der Waals surface area contributed by atoms with Crippen LogP contribution < -0.4 is 5.32 Å². The number of carbonyl (C=O) groups is 2. The van der Waals surface area contributed by atoms with E-state index in [9.17, 15) is 14.7 Å². The van der Waals surface area contributed by atoms with Gasteiger partial charge in [-0.15, -0.1) is 0 Å². The molecular formula is C18H17N3O3. The molecule has 2 aromatic carbocycles. The molecule has 0 aliphatic rings. The monoisotopic (exact) mass is 323 g/mol. The fourth-order valence-electron chi connectivity index (χ4n) is 2.59. The second-order valence-electron chi connectivity index (χ2n) is 5.57. The lowest BCUT2D eigenvalue weighted by atomic mass is 10.0. The molecule has 1 amide bonds. The van der Waals surface area contributed by atoms with Gasteiger partial charge in [-0.2, -0.15) is 0 Å². The average molecular weight is 323 g/mol. The number of benzene rings is 2. The van der Waals surface area contributed by atoms with Gasteiger partial charge in [-0.25, -0.2) is 9.78 Å². The second-order valence-corrected chi connectivity index (χ2v) is 5.57. The van der Waals surface area contributed by atoms with Gasteiger partial charge in [0, 0.05) is 0 Å². The first-order valence-electron chi connectivity index (χ1n) is 7.60. The standard InChI is InChI=1S/C18H17N3O3/c1-11(17-20-14-8-4-5-9-15(14)21-17)19-16(22)10-12-6-2-3-7-13(12)18(23)24/h2-9,11H,10H2,1H3,(H,19,22)(H,20,21)(H,23,24). The summed E-state index contributed by atoms with van der Waals surface area (Å²) in [5.41, 5.74) is 2.37. The molecule has 0 fully saturated rings. The van der Waals surface area contributed by atoms with Crippen molar-refractivity contribution < 1.29 is 14.7 Å². The number of aromatic amines is 1. The van der Waals surface area contributed by atoms with Crippen molar-refractivity contribution in [2.75, 3.05) is 0 Å². The van der Waals surface area contributed by atoms with Crippen molar-refractivity contribution in [3.63, 3.8) is 0 Å². The van der Waals surface area contributed by atoms with Crippen LogP contribution in [0.25, 0.3) is 11.0 Å². The number of para-hydroxylation sites is 2. The molecule has 0 radical (unpaired) electrons. The van der Waals surface area contributed by atoms with Gasteiger partial charge >= 0.3 is 5.97 Å². The van der Waals surface area contributed by atoms with Gasteiger partial charge in [-0.05, 0) is 30.7 Å². The highest BCUT2D eigenvalue weighted by Crippen LogP contribution is 2.16. The van der Waals surface area contributed by atoms with Crippen LogP contribution in [0.2, 0.25) is 0 Å². The molecule has 6 heteroatoms. The molecule has 0 spiro atoms. The maximum Gasteiger partial charge on any atom is 0.335 e. The van der Waals surface area contributed by atoms with Crippen molar-refractivity contribution in [3.05, 3.63) is 65.5 Å². The highest BCUT2D eigenvalue weighted by Gasteiger charge is 2.16. The number of H-pyrrole nitrogens is 1. The molecule has 1 heterocycles. The summed E-state index contributed by atoms with van der Waals surface area (Å²) in [6.45, 7) is 1.83. The van der Waals surface area contributed by atoms with Crippen LogP contribution in [-0.2, 0) is 11.2 Å². The number of aromatic carboxylic acids is 1. The Hall–Kier alpha value is -3.15. The smallest absolute Gasteiger partial charge is 0.335 e. The van der Waals surface area contributed by atoms with Crippen LogP contribution in [0.15, 0.2) is 48.5 Å². The molecule has 0 aliphatic carbocycles. The Morgan fingerprint density at radius 2 is 1.88 bits per heavy atom. The minimum Gasteiger partial charge on any atom is -0.478 e. The van der Waals surface area contributed by atoms with Crippen LogP contribution in [0.3, 0.4) is 0 Å². The van der Waals surface area contributed by atoms with Crippen LogP contribution in [-0.4, -0.2) is 27.0 Å². The van der Waals surface area contributed by atoms with E-state index in [0.717, 1.165) is 11.0 Å². The van der Waals surface area contributed by atoms with E-state index in [0.29, 0.717) is 11.4 Å². The minimum absolute atomic E-state index is 0.00699. The van der Waals surface area contributed by atoms with Gasteiger partial charge in [0.2, 0.25) is 5.91 Å². The Labute approximate surface area is 138 Å². The van der Waals surface area contributed by atoms with Crippen molar-refractivity contribution in [2.45, 2.75) is 19.4 Å². The van der Waals surface area contributed by atoms with Gasteiger partial charge in [0.1, 0.15) is 5.82 Å². The van der Waals surface area contributed by atoms with Gasteiger partial charge in [-0.3, -0.25) is 4.79 Å². The van der Waals surface area contributed by atoms with Crippen LogP contribution >= 0.6 is 0 Å². The molecular weight excluding hydrogens is 306 g/mol. The molecule has 0 saturated heterocycles. The predicted molar refractivity (Wildman–Crippen MR) is 89.8 cm³/mol. The number of hydrogen-bond donors (Lipinski definition) is 3. The van der Waals surface area contributed by atoms with Crippen LogP contribution in [0.4, 0.5) is 0 Å². The molecule has 1 aromatic heterocycles. The van der Waals surface area contributed by atoms with E-state index >= 15 is 0 Å². The number of carboxylic acids is 1. The molecule has 3 aromatic rings. The summed E-state index contributed by atoms with van der Waals surface area (Å²) in [5, 5.41) is 12.0. The molecule has 3 N–H and O–H groups in total. The van der Waals surface area contributed by atoms with Gasteiger partial charge in [0.25, 0.3) is 0 Å². The summed E-state index contributed by atoms with van der Waals surface area (Å²) in [4.78, 5) is 31.1. The van der Waals surface area contributed by atoms with Gasteiger partial charge in [0.15, 0.2) is 0 Å². The Morgan fingerprint density at radius 3 is 2.62 bits per heavy atom. The SMILES string of the molecule is CC(NC(=O)Cc1ccccc1C(=O)O)c1nc2ccccc2[nH]1. The van der Waals surface area contributed by atoms with Crippen LogP contribution in [0, 0.1) is 0 Å². The molecule has 1 atom stereocenters. The third-order valence-electron chi connectivity index (χ3n) is 3.79. The fourth-order valence-corrected chi connectivity index (χ4v) is 2.59. The van der Waals surface area contributed by atoms with Crippen molar-refractivity contribution in [3.8, 4) is 0 Å². The first-order chi connectivity index (χ1) is 11.5. The molecule has 0 bridgehead atoms. The number of rotatable bonds is 5. The topological polar surface area (TPSA) is 95.1 Å². The number of imidazole rings is 1. The lowest BCUT2D eigenvalue weighted by Crippen LogP contribution is -2.29. The molecule has 3 rings (SSSR count). The molecule has 1 unspecified atom stereocenters. The van der Waals surface area contributed by atoms with E-state index in [4.69, 9.17) is 0 Å². The second kappa shape index (κ2) is 6.54. The van der Waals surface area contributed by atoms with Crippen LogP contribution in [0.5, 0.6) is 0 Å². The first kappa shape index (κ1) is 15.7. The summed E-state index contributed by atoms with van der Waals surface area (Å²) in [5.74, 6) is -0.628. The largest absolute Gasteiger partial charge is 0.478 e. The third kappa shape index (κ3) is 3.27. The van der Waals surface area contributed by atoms with Crippen molar-refractivity contribution >= 4 is 22.9 Å². The molecule has 0 aliphatic heterocycles. The summed E-state index contributed by atoms with van der Waals surface area (Å²) < 4.78 is 0. The number of hydrogen-bond acceptors (Lipinski definition) is 3. The Morgan fingerprint density at radius 1 is 1.17 bits per heavy atom. The highest BCUT2D eigenvalue weighted by molar-refractivity contribution is 5.91. The summed E-state index contributed by atoms with van der Waals surface area (Å²) in [7, 11) is 0. The zero-order chi connectivity index (χ0) is 17.1. The quantitative estimate of drug-likeness (QED) is 0.673. The summed E-state index contributed by atoms with van der Waals surface area (Å²) >= 11 is 0. The molecule has 122 valence electrons. The zero-order valence-electron chi connectivity index (χ0n) is 13.1. The highest BCUT2D eigenvalue weighted by atomic mass is 16.4. The molecule has 24 heavy (non-hydrogen) atoms. The predicted octanol–water partition coefficient (Wildman–Crippen LogP) is 2.68. The van der Waals surface area contributed by atoms with E-state index in [2.05, 4.69) is 15.3 Å². The number of carboxylic acid groups (broad SMARTS) is 1. The van der Waals surface area contributed by atoms with E-state index in [1.807, 2.05) is 31.2 Å². The van der Waals surface area contributed by atoms with E-state index in [1.54, 1.807) is 18.2 Å². The number of nitrogens with one attached hydrogen (secondary N) is 2. The maximum atomic E-state index is 12.2. The summed E-state index contributed by atoms with van der Waals surface area (Å²) in [6, 6.07) is 13.8. The zero-order valence-corrected chi connectivity index (χ0v) is 13.1. The first-order valence-corrected chi connectivity index (χ1v) is 7.60. The van der Waals surface area contributed by atoms with E-state index in [-0.39, 0.29) is 23.9 Å². The number of aromatic nitrogens is 2. The normalized spacial score (nSPS) is 12.0. The van der Waals surface area contributed by atoms with Gasteiger partial charge in [0.05, 0.1) is 29.1 Å². The number of carbonyl (C=O) groups excluding carboxylic acids is 1. The molecule has 0 saturated carbocycles. The van der Waals surface area contributed by atoms with Crippen molar-refractivity contribution in [2.24, 2.45) is 0 Å². The Kier molecular flexibility index (Phi) is 4.29. The number of amides is 1. The minimum atomic E-state index is -1.04. The Balaban J connectivity index is 1.71. The fraction of sp³-hybridized carbons (Fsp3) is 0.167. The number of nitrogens with zero attached hydrogens (tertiary/aromatic N) is 1. The molecule has 6 nitrogen and oxygen atoms in total. The van der Waals surface area contributed by atoms with Crippen LogP contribution in [0.1, 0.15) is 34.7 Å². The lowest BCUT2D eigenvalue weighted by molar-refractivity contribution is -0.121. The van der Waals surface area contributed by atoms with E-state index in [1.165, 1.54) is 6.07 Å². The average Bonchev–Trinajstić information content (AvgIpc) is 2.99. The van der Waals surface area contributed by atoms with Crippen molar-refractivity contribution in [1.29, 1.82) is 0 Å². The lowest BCUT2D eigenvalue weighted by Gasteiger charge is -2.12. The van der Waals surface area contributed by atoms with E-state index < -0.39 is 5.97 Å². The van der Waals surface area contributed by atoms with Gasteiger partial charge in [-0.1, -0.05) is 30.3 Å². The van der Waals surface area contributed by atoms with Gasteiger partial charge < -0.3 is 15.4 Å². The Bertz CT molecular complexity index is 868. The number of fused-ring (bicyclic) bond motifs is 1.